The summed E-state index contributed by atoms with van der Waals surface area (Å²) in [5.41, 5.74) is 1.17. The molecule has 3 rings (SSSR count). The van der Waals surface area contributed by atoms with Gasteiger partial charge in [-0.25, -0.2) is 21.6 Å². The van der Waals surface area contributed by atoms with E-state index in [2.05, 4.69) is 4.72 Å². The summed E-state index contributed by atoms with van der Waals surface area (Å²) < 4.78 is 50.8. The first-order chi connectivity index (χ1) is 12.2. The van der Waals surface area contributed by atoms with Crippen molar-refractivity contribution in [2.45, 2.75) is 18.7 Å². The Balaban J connectivity index is 2.02. The van der Waals surface area contributed by atoms with Gasteiger partial charge in [0.05, 0.1) is 16.3 Å². The molecule has 7 nitrogen and oxygen atoms in total. The van der Waals surface area contributed by atoms with E-state index < -0.39 is 19.9 Å². The minimum atomic E-state index is -3.91. The van der Waals surface area contributed by atoms with Gasteiger partial charge < -0.3 is 4.90 Å². The third kappa shape index (κ3) is 3.10. The lowest BCUT2D eigenvalue weighted by Gasteiger charge is -2.15. The molecule has 1 heterocycles. The first-order valence-electron chi connectivity index (χ1n) is 8.29. The normalized spacial score (nSPS) is 14.4. The molecule has 0 unspecified atom stereocenters. The molecule has 2 aromatic rings. The predicted molar refractivity (Wildman–Crippen MR) is 101 cm³/mol. The van der Waals surface area contributed by atoms with Gasteiger partial charge in [-0.05, 0) is 25.1 Å². The van der Waals surface area contributed by atoms with E-state index in [4.69, 9.17) is 0 Å². The Labute approximate surface area is 153 Å². The highest BCUT2D eigenvalue weighted by Gasteiger charge is 2.31. The summed E-state index contributed by atoms with van der Waals surface area (Å²) in [4.78, 5) is 14.1. The molecule has 0 atom stereocenters. The van der Waals surface area contributed by atoms with Gasteiger partial charge >= 0.3 is 0 Å². The van der Waals surface area contributed by atoms with Gasteiger partial charge in [0.1, 0.15) is 0 Å². The zero-order valence-corrected chi connectivity index (χ0v) is 16.2. The average molecular weight is 396 g/mol. The summed E-state index contributed by atoms with van der Waals surface area (Å²) in [6, 6.07) is 8.07. The fourth-order valence-electron chi connectivity index (χ4n) is 3.12. The van der Waals surface area contributed by atoms with Crippen LogP contribution >= 0.6 is 0 Å². The second kappa shape index (κ2) is 6.64. The Morgan fingerprint density at radius 1 is 1.04 bits per heavy atom. The maximum absolute atomic E-state index is 12.7. The molecule has 1 amide bonds. The first-order valence-corrected chi connectivity index (χ1v) is 11.6. The Bertz CT molecular complexity index is 1090. The lowest BCUT2D eigenvalue weighted by Crippen LogP contribution is -2.30. The first kappa shape index (κ1) is 18.8. The number of hydrogen-bond donors (Lipinski definition) is 1. The molecule has 0 bridgehead atoms. The van der Waals surface area contributed by atoms with Crippen LogP contribution in [0.25, 0.3) is 10.8 Å². The molecule has 1 aliphatic heterocycles. The number of nitrogens with one attached hydrogen (secondary N) is 1. The molecule has 0 saturated heterocycles. The van der Waals surface area contributed by atoms with E-state index in [1.807, 2.05) is 6.92 Å². The highest BCUT2D eigenvalue weighted by molar-refractivity contribution is 7.91. The van der Waals surface area contributed by atoms with Gasteiger partial charge in [-0.15, -0.1) is 0 Å². The Morgan fingerprint density at radius 2 is 1.77 bits per heavy atom. The van der Waals surface area contributed by atoms with Crippen molar-refractivity contribution in [2.24, 2.45) is 0 Å². The molecule has 0 radical (unpaired) electrons. The van der Waals surface area contributed by atoms with Gasteiger partial charge in [0, 0.05) is 35.2 Å². The van der Waals surface area contributed by atoms with Crippen molar-refractivity contribution in [3.05, 3.63) is 35.9 Å². The van der Waals surface area contributed by atoms with E-state index in [0.29, 0.717) is 28.6 Å². The van der Waals surface area contributed by atoms with Crippen molar-refractivity contribution in [2.75, 3.05) is 29.5 Å². The van der Waals surface area contributed by atoms with Crippen LogP contribution in [0.3, 0.4) is 0 Å². The van der Waals surface area contributed by atoms with E-state index in [-0.39, 0.29) is 28.9 Å². The Kier molecular flexibility index (Phi) is 4.80. The number of sulfone groups is 1. The third-order valence-electron chi connectivity index (χ3n) is 4.50. The number of carbonyl (C=O) groups excluding carboxylic acids is 1. The summed E-state index contributed by atoms with van der Waals surface area (Å²) in [6.45, 7) is 3.67. The maximum Gasteiger partial charge on any atom is 0.258 e. The molecular formula is C17H20N2O5S2. The van der Waals surface area contributed by atoms with Crippen LogP contribution in [-0.4, -0.2) is 47.3 Å². The number of carbonyl (C=O) groups is 1. The monoisotopic (exact) mass is 396 g/mol. The summed E-state index contributed by atoms with van der Waals surface area (Å²) in [6.07, 6.45) is 0. The SMILES string of the molecule is CCN1C(=O)c2cccc3c(S(=O)(=O)NCCS(=O)(=O)CC)ccc1c23. The quantitative estimate of drug-likeness (QED) is 0.765. The molecule has 0 spiro atoms. The number of sulfonamides is 1. The van der Waals surface area contributed by atoms with Crippen LogP contribution in [0.15, 0.2) is 35.2 Å². The van der Waals surface area contributed by atoms with E-state index in [0.717, 1.165) is 0 Å². The molecule has 9 heteroatoms. The number of anilines is 1. The summed E-state index contributed by atoms with van der Waals surface area (Å²) in [5.74, 6) is -0.443. The van der Waals surface area contributed by atoms with Crippen LogP contribution in [-0.2, 0) is 19.9 Å². The second-order valence-corrected chi connectivity index (χ2v) is 10.2. The van der Waals surface area contributed by atoms with Gasteiger partial charge in [-0.2, -0.15) is 0 Å². The largest absolute Gasteiger partial charge is 0.308 e. The van der Waals surface area contributed by atoms with Gasteiger partial charge in [-0.3, -0.25) is 4.79 Å². The van der Waals surface area contributed by atoms with Crippen molar-refractivity contribution < 1.29 is 21.6 Å². The number of amides is 1. The molecule has 140 valence electrons. The van der Waals surface area contributed by atoms with Gasteiger partial charge in [0.15, 0.2) is 9.84 Å². The summed E-state index contributed by atoms with van der Waals surface area (Å²) in [7, 11) is -7.18. The van der Waals surface area contributed by atoms with Crippen molar-refractivity contribution in [3.8, 4) is 0 Å². The van der Waals surface area contributed by atoms with E-state index in [1.165, 1.54) is 13.0 Å². The highest BCUT2D eigenvalue weighted by atomic mass is 32.2. The van der Waals surface area contributed by atoms with Crippen LogP contribution in [0, 0.1) is 0 Å². The number of rotatable bonds is 7. The maximum atomic E-state index is 12.7. The van der Waals surface area contributed by atoms with E-state index in [1.54, 1.807) is 29.2 Å². The fourth-order valence-corrected chi connectivity index (χ4v) is 5.19. The molecule has 0 aromatic heterocycles. The Morgan fingerprint density at radius 3 is 2.42 bits per heavy atom. The van der Waals surface area contributed by atoms with E-state index in [9.17, 15) is 21.6 Å². The molecule has 0 saturated carbocycles. The predicted octanol–water partition coefficient (Wildman–Crippen LogP) is 1.53. The molecule has 0 fully saturated rings. The van der Waals surface area contributed by atoms with Crippen LogP contribution in [0.1, 0.15) is 24.2 Å². The molecular weight excluding hydrogens is 376 g/mol. The minimum absolute atomic E-state index is 0.0370. The fraction of sp³-hybridized carbons (Fsp3) is 0.353. The lowest BCUT2D eigenvalue weighted by molar-refractivity contribution is 0.0994. The number of benzene rings is 2. The molecule has 1 aliphatic rings. The van der Waals surface area contributed by atoms with E-state index >= 15 is 0 Å². The van der Waals surface area contributed by atoms with Crippen LogP contribution < -0.4 is 9.62 Å². The molecule has 2 aromatic carbocycles. The topological polar surface area (TPSA) is 101 Å². The highest BCUT2D eigenvalue weighted by Crippen LogP contribution is 2.39. The van der Waals surface area contributed by atoms with Gasteiger partial charge in [0.2, 0.25) is 10.0 Å². The second-order valence-electron chi connectivity index (χ2n) is 5.99. The Hall–Kier alpha value is -1.97. The van der Waals surface area contributed by atoms with Crippen LogP contribution in [0.5, 0.6) is 0 Å². The standard InChI is InChI=1S/C17H20N2O5S2/c1-3-19-14-8-9-15(12-6-5-7-13(16(12)14)17(19)20)26(23,24)18-10-11-25(21,22)4-2/h5-9,18H,3-4,10-11H2,1-2H3. The molecule has 0 aliphatic carbocycles. The third-order valence-corrected chi connectivity index (χ3v) is 7.72. The zero-order valence-electron chi connectivity index (χ0n) is 14.5. The minimum Gasteiger partial charge on any atom is -0.308 e. The van der Waals surface area contributed by atoms with Gasteiger partial charge in [-0.1, -0.05) is 19.1 Å². The average Bonchev–Trinajstić information content (AvgIpc) is 2.88. The van der Waals surface area contributed by atoms with Crippen molar-refractivity contribution >= 4 is 42.2 Å². The zero-order chi connectivity index (χ0) is 19.1. The van der Waals surface area contributed by atoms with Crippen molar-refractivity contribution in [3.63, 3.8) is 0 Å². The van der Waals surface area contributed by atoms with Crippen LogP contribution in [0.4, 0.5) is 5.69 Å². The molecule has 26 heavy (non-hydrogen) atoms. The summed E-state index contributed by atoms with van der Waals surface area (Å²) in [5, 5.41) is 1.07. The van der Waals surface area contributed by atoms with Crippen molar-refractivity contribution in [1.29, 1.82) is 0 Å². The van der Waals surface area contributed by atoms with Crippen molar-refractivity contribution in [1.82, 2.24) is 4.72 Å². The molecule has 1 N–H and O–H groups in total. The number of nitrogens with zero attached hydrogens (tertiary/aromatic N) is 1. The summed E-state index contributed by atoms with van der Waals surface area (Å²) >= 11 is 0. The number of hydrogen-bond acceptors (Lipinski definition) is 5. The van der Waals surface area contributed by atoms with Gasteiger partial charge in [0.25, 0.3) is 5.91 Å². The van der Waals surface area contributed by atoms with Crippen LogP contribution in [0.2, 0.25) is 0 Å². The lowest BCUT2D eigenvalue weighted by atomic mass is 10.1. The smallest absolute Gasteiger partial charge is 0.258 e.